The minimum atomic E-state index is 0.0999. The fourth-order valence-corrected chi connectivity index (χ4v) is 2.02. The molecule has 0 bridgehead atoms. The van der Waals surface area contributed by atoms with E-state index in [1.165, 1.54) is 7.11 Å². The first-order valence-electron chi connectivity index (χ1n) is 7.01. The number of hydrogen-bond acceptors (Lipinski definition) is 6. The van der Waals surface area contributed by atoms with Gasteiger partial charge < -0.3 is 24.7 Å². The first-order valence-corrected chi connectivity index (χ1v) is 7.01. The fraction of sp³-hybridized carbons (Fsp3) is 0.235. The lowest BCUT2D eigenvalue weighted by molar-refractivity contribution is 0.354. The van der Waals surface area contributed by atoms with Gasteiger partial charge in [-0.15, -0.1) is 0 Å². The first-order chi connectivity index (χ1) is 11.2. The van der Waals surface area contributed by atoms with Gasteiger partial charge in [0.15, 0.2) is 23.0 Å². The van der Waals surface area contributed by atoms with Crippen LogP contribution < -0.4 is 19.6 Å². The average molecular weight is 316 g/mol. The molecule has 0 amide bonds. The predicted molar refractivity (Wildman–Crippen MR) is 88.6 cm³/mol. The van der Waals surface area contributed by atoms with Crippen LogP contribution in [0.1, 0.15) is 11.1 Å². The van der Waals surface area contributed by atoms with Gasteiger partial charge in [0.25, 0.3) is 0 Å². The Bertz CT molecular complexity index is 686. The molecule has 0 saturated heterocycles. The number of nitrogens with one attached hydrogen (secondary N) is 1. The Morgan fingerprint density at radius 3 is 2.39 bits per heavy atom. The van der Waals surface area contributed by atoms with E-state index >= 15 is 0 Å². The second kappa shape index (κ2) is 7.93. The zero-order valence-electron chi connectivity index (χ0n) is 13.4. The molecular formula is C17H20N2O4. The number of rotatable bonds is 7. The van der Waals surface area contributed by atoms with E-state index in [9.17, 15) is 5.11 Å². The Labute approximate surface area is 135 Å². The first kappa shape index (κ1) is 16.5. The quantitative estimate of drug-likeness (QED) is 0.607. The maximum absolute atomic E-state index is 9.54. The maximum atomic E-state index is 9.54. The van der Waals surface area contributed by atoms with Crippen LogP contribution in [0.5, 0.6) is 23.0 Å². The molecule has 2 rings (SSSR count). The number of hydrazone groups is 1. The third-order valence-electron chi connectivity index (χ3n) is 3.24. The Morgan fingerprint density at radius 1 is 0.957 bits per heavy atom. The van der Waals surface area contributed by atoms with E-state index in [1.54, 1.807) is 38.6 Å². The van der Waals surface area contributed by atoms with Crippen LogP contribution in [-0.4, -0.2) is 32.7 Å². The Kier molecular flexibility index (Phi) is 5.68. The van der Waals surface area contributed by atoms with Crippen molar-refractivity contribution in [3.8, 4) is 23.0 Å². The molecule has 0 aliphatic carbocycles. The third-order valence-corrected chi connectivity index (χ3v) is 3.24. The van der Waals surface area contributed by atoms with Crippen molar-refractivity contribution in [2.24, 2.45) is 5.10 Å². The lowest BCUT2D eigenvalue weighted by atomic mass is 10.2. The van der Waals surface area contributed by atoms with Crippen LogP contribution in [-0.2, 0) is 6.54 Å². The number of phenols is 1. The van der Waals surface area contributed by atoms with Gasteiger partial charge in [0.1, 0.15) is 0 Å². The van der Waals surface area contributed by atoms with Crippen molar-refractivity contribution < 1.29 is 19.3 Å². The molecule has 0 heterocycles. The smallest absolute Gasteiger partial charge is 0.161 e. The summed E-state index contributed by atoms with van der Waals surface area (Å²) in [6, 6.07) is 10.7. The molecule has 6 heteroatoms. The topological polar surface area (TPSA) is 72.3 Å². The van der Waals surface area contributed by atoms with Gasteiger partial charge in [-0.3, -0.25) is 0 Å². The van der Waals surface area contributed by atoms with E-state index in [0.29, 0.717) is 23.8 Å². The average Bonchev–Trinajstić information content (AvgIpc) is 2.59. The molecule has 2 aromatic rings. The van der Waals surface area contributed by atoms with Gasteiger partial charge in [0.2, 0.25) is 0 Å². The lowest BCUT2D eigenvalue weighted by Gasteiger charge is -2.09. The molecule has 2 aromatic carbocycles. The summed E-state index contributed by atoms with van der Waals surface area (Å²) in [5.74, 6) is 1.88. The summed E-state index contributed by atoms with van der Waals surface area (Å²) >= 11 is 0. The highest BCUT2D eigenvalue weighted by Gasteiger charge is 2.04. The zero-order valence-corrected chi connectivity index (χ0v) is 13.4. The summed E-state index contributed by atoms with van der Waals surface area (Å²) in [5.41, 5.74) is 4.80. The lowest BCUT2D eigenvalue weighted by Crippen LogP contribution is -2.06. The highest BCUT2D eigenvalue weighted by Crippen LogP contribution is 2.27. The van der Waals surface area contributed by atoms with Gasteiger partial charge >= 0.3 is 0 Å². The van der Waals surface area contributed by atoms with Crippen molar-refractivity contribution in [2.45, 2.75) is 6.54 Å². The third kappa shape index (κ3) is 4.29. The fourth-order valence-electron chi connectivity index (χ4n) is 2.02. The van der Waals surface area contributed by atoms with Crippen molar-refractivity contribution >= 4 is 6.21 Å². The van der Waals surface area contributed by atoms with Gasteiger partial charge in [-0.05, 0) is 41.5 Å². The van der Waals surface area contributed by atoms with Crippen LogP contribution in [0.3, 0.4) is 0 Å². The molecule has 0 fully saturated rings. The van der Waals surface area contributed by atoms with Crippen LogP contribution in [0.4, 0.5) is 0 Å². The van der Waals surface area contributed by atoms with Crippen molar-refractivity contribution in [3.63, 3.8) is 0 Å². The van der Waals surface area contributed by atoms with Crippen molar-refractivity contribution in [1.29, 1.82) is 0 Å². The molecule has 0 saturated carbocycles. The Hall–Kier alpha value is -2.89. The normalized spacial score (nSPS) is 10.6. The van der Waals surface area contributed by atoms with Crippen LogP contribution >= 0.6 is 0 Å². The van der Waals surface area contributed by atoms with E-state index < -0.39 is 0 Å². The summed E-state index contributed by atoms with van der Waals surface area (Å²) in [5, 5.41) is 13.7. The van der Waals surface area contributed by atoms with E-state index in [0.717, 1.165) is 11.1 Å². The SMILES string of the molecule is COc1cc(/C=N/NCc2ccc(OC)c(OC)c2)ccc1O. The summed E-state index contributed by atoms with van der Waals surface area (Å²) in [6.07, 6.45) is 1.66. The van der Waals surface area contributed by atoms with E-state index in [4.69, 9.17) is 14.2 Å². The van der Waals surface area contributed by atoms with Gasteiger partial charge in [0, 0.05) is 0 Å². The minimum Gasteiger partial charge on any atom is -0.504 e. The largest absolute Gasteiger partial charge is 0.504 e. The zero-order chi connectivity index (χ0) is 16.7. The Balaban J connectivity index is 1.96. The van der Waals surface area contributed by atoms with E-state index in [2.05, 4.69) is 10.5 Å². The second-order valence-electron chi connectivity index (χ2n) is 4.71. The van der Waals surface area contributed by atoms with E-state index in [-0.39, 0.29) is 5.75 Å². The molecule has 0 aromatic heterocycles. The van der Waals surface area contributed by atoms with Crippen LogP contribution in [0.15, 0.2) is 41.5 Å². The van der Waals surface area contributed by atoms with Crippen molar-refractivity contribution in [1.82, 2.24) is 5.43 Å². The van der Waals surface area contributed by atoms with Gasteiger partial charge in [-0.2, -0.15) is 5.10 Å². The number of aromatic hydroxyl groups is 1. The molecule has 0 aliphatic rings. The summed E-state index contributed by atoms with van der Waals surface area (Å²) < 4.78 is 15.5. The molecule has 6 nitrogen and oxygen atoms in total. The molecule has 0 radical (unpaired) electrons. The molecule has 0 spiro atoms. The number of nitrogens with zero attached hydrogens (tertiary/aromatic N) is 1. The molecule has 0 aliphatic heterocycles. The van der Waals surface area contributed by atoms with Crippen LogP contribution in [0.2, 0.25) is 0 Å². The van der Waals surface area contributed by atoms with Gasteiger partial charge in [-0.25, -0.2) is 0 Å². The monoisotopic (exact) mass is 316 g/mol. The highest BCUT2D eigenvalue weighted by molar-refractivity contribution is 5.80. The van der Waals surface area contributed by atoms with Crippen LogP contribution in [0.25, 0.3) is 0 Å². The molecular weight excluding hydrogens is 296 g/mol. The summed E-state index contributed by atoms with van der Waals surface area (Å²) in [7, 11) is 4.71. The summed E-state index contributed by atoms with van der Waals surface area (Å²) in [4.78, 5) is 0. The molecule has 23 heavy (non-hydrogen) atoms. The van der Waals surface area contributed by atoms with Gasteiger partial charge in [0.05, 0.1) is 34.1 Å². The number of benzene rings is 2. The van der Waals surface area contributed by atoms with Crippen LogP contribution in [0, 0.1) is 0 Å². The predicted octanol–water partition coefficient (Wildman–Crippen LogP) is 2.54. The van der Waals surface area contributed by atoms with E-state index in [1.807, 2.05) is 18.2 Å². The maximum Gasteiger partial charge on any atom is 0.161 e. The number of hydrogen-bond donors (Lipinski definition) is 2. The standard InChI is InChI=1S/C17H20N2O4/c1-21-15-7-5-13(9-17(15)23-3)11-19-18-10-12-4-6-14(20)16(8-12)22-2/h4-10,19-20H,11H2,1-3H3/b18-10+. The molecule has 0 unspecified atom stereocenters. The second-order valence-corrected chi connectivity index (χ2v) is 4.71. The molecule has 2 N–H and O–H groups in total. The number of phenolic OH excluding ortho intramolecular Hbond substituents is 1. The van der Waals surface area contributed by atoms with Crippen molar-refractivity contribution in [2.75, 3.05) is 21.3 Å². The summed E-state index contributed by atoms with van der Waals surface area (Å²) in [6.45, 7) is 0.548. The minimum absolute atomic E-state index is 0.0999. The van der Waals surface area contributed by atoms with Gasteiger partial charge in [-0.1, -0.05) is 6.07 Å². The molecule has 122 valence electrons. The van der Waals surface area contributed by atoms with Crippen molar-refractivity contribution in [3.05, 3.63) is 47.5 Å². The number of methoxy groups -OCH3 is 3. The number of ether oxygens (including phenoxy) is 3. The Morgan fingerprint density at radius 2 is 1.70 bits per heavy atom. The molecule has 0 atom stereocenters. The highest BCUT2D eigenvalue weighted by atomic mass is 16.5.